The van der Waals surface area contributed by atoms with Crippen molar-refractivity contribution in [2.45, 2.75) is 31.4 Å². The number of aliphatic carboxylic acids is 1. The number of hydrogen-bond acceptors (Lipinski definition) is 2. The third-order valence-electron chi connectivity index (χ3n) is 1.03. The van der Waals surface area contributed by atoms with Crippen LogP contribution in [0.4, 0.5) is 0 Å². The second-order valence-electron chi connectivity index (χ2n) is 2.04. The van der Waals surface area contributed by atoms with E-state index in [9.17, 15) is 4.79 Å². The molecule has 0 saturated carbocycles. The molecule has 0 unspecified atom stereocenters. The predicted molar refractivity (Wildman–Crippen MR) is 39.9 cm³/mol. The maximum atomic E-state index is 10.0. The maximum Gasteiger partial charge on any atom is 0.304 e. The van der Waals surface area contributed by atoms with Crippen LogP contribution in [0.25, 0.3) is 0 Å². The van der Waals surface area contributed by atoms with Gasteiger partial charge in [0.25, 0.3) is 0 Å². The van der Waals surface area contributed by atoms with Crippen molar-refractivity contribution in [1.29, 1.82) is 0 Å². The Morgan fingerprint density at radius 2 is 2.33 bits per heavy atom. The van der Waals surface area contributed by atoms with Gasteiger partial charge in [-0.15, -0.1) is 0 Å². The van der Waals surface area contributed by atoms with Crippen molar-refractivity contribution < 1.29 is 9.90 Å². The normalized spacial score (nSPS) is 13.1. The third kappa shape index (κ3) is 5.69. The van der Waals surface area contributed by atoms with Gasteiger partial charge >= 0.3 is 5.97 Å². The van der Waals surface area contributed by atoms with Gasteiger partial charge in [-0.1, -0.05) is 13.3 Å². The summed E-state index contributed by atoms with van der Waals surface area (Å²) in [6.45, 7) is 2.02. The SMILES string of the molecule is CCC[C@@H](S)CC(=O)O. The van der Waals surface area contributed by atoms with Crippen LogP contribution >= 0.6 is 12.6 Å². The van der Waals surface area contributed by atoms with Crippen LogP contribution in [0.5, 0.6) is 0 Å². The minimum Gasteiger partial charge on any atom is -0.481 e. The van der Waals surface area contributed by atoms with E-state index in [1.165, 1.54) is 0 Å². The molecule has 1 N–H and O–H groups in total. The zero-order chi connectivity index (χ0) is 7.28. The van der Waals surface area contributed by atoms with Crippen LogP contribution in [0.3, 0.4) is 0 Å². The molecule has 1 atom stereocenters. The van der Waals surface area contributed by atoms with E-state index >= 15 is 0 Å². The summed E-state index contributed by atoms with van der Waals surface area (Å²) in [5.74, 6) is -0.761. The van der Waals surface area contributed by atoms with Gasteiger partial charge in [0.05, 0.1) is 6.42 Å². The molecule has 54 valence electrons. The van der Waals surface area contributed by atoms with E-state index < -0.39 is 5.97 Å². The highest BCUT2D eigenvalue weighted by Gasteiger charge is 2.05. The molecule has 0 aliphatic heterocycles. The van der Waals surface area contributed by atoms with Crippen molar-refractivity contribution in [3.8, 4) is 0 Å². The number of carboxylic acid groups (broad SMARTS) is 1. The molecule has 0 radical (unpaired) electrons. The van der Waals surface area contributed by atoms with Crippen LogP contribution in [-0.4, -0.2) is 16.3 Å². The first-order chi connectivity index (χ1) is 4.16. The first-order valence-electron chi connectivity index (χ1n) is 3.06. The van der Waals surface area contributed by atoms with Gasteiger partial charge in [-0.25, -0.2) is 0 Å². The van der Waals surface area contributed by atoms with Crippen molar-refractivity contribution in [2.24, 2.45) is 0 Å². The van der Waals surface area contributed by atoms with Crippen LogP contribution in [0.1, 0.15) is 26.2 Å². The van der Waals surface area contributed by atoms with E-state index in [2.05, 4.69) is 12.6 Å². The second-order valence-corrected chi connectivity index (χ2v) is 2.77. The average Bonchev–Trinajstić information content (AvgIpc) is 1.63. The van der Waals surface area contributed by atoms with Gasteiger partial charge in [0.2, 0.25) is 0 Å². The molecule has 3 heteroatoms. The maximum absolute atomic E-state index is 10.0. The van der Waals surface area contributed by atoms with Crippen molar-refractivity contribution in [2.75, 3.05) is 0 Å². The lowest BCUT2D eigenvalue weighted by Gasteiger charge is -2.03. The molecule has 0 aliphatic rings. The Labute approximate surface area is 60.7 Å². The fourth-order valence-electron chi connectivity index (χ4n) is 0.637. The largest absolute Gasteiger partial charge is 0.481 e. The highest BCUT2D eigenvalue weighted by atomic mass is 32.1. The van der Waals surface area contributed by atoms with E-state index in [0.717, 1.165) is 12.8 Å². The molecule has 0 aromatic rings. The summed E-state index contributed by atoms with van der Waals surface area (Å²) in [6.07, 6.45) is 2.06. The Morgan fingerprint density at radius 3 is 2.67 bits per heavy atom. The van der Waals surface area contributed by atoms with Crippen LogP contribution in [0, 0.1) is 0 Å². The third-order valence-corrected chi connectivity index (χ3v) is 1.47. The number of carbonyl (C=O) groups is 1. The quantitative estimate of drug-likeness (QED) is 0.594. The fourth-order valence-corrected chi connectivity index (χ4v) is 1.05. The van der Waals surface area contributed by atoms with E-state index in [-0.39, 0.29) is 11.7 Å². The second kappa shape index (κ2) is 4.68. The van der Waals surface area contributed by atoms with Crippen LogP contribution < -0.4 is 0 Å². The Kier molecular flexibility index (Phi) is 4.58. The summed E-state index contributed by atoms with van der Waals surface area (Å²) < 4.78 is 0. The molecule has 0 aromatic carbocycles. The number of hydrogen-bond donors (Lipinski definition) is 2. The lowest BCUT2D eigenvalue weighted by molar-refractivity contribution is -0.136. The Balaban J connectivity index is 3.26. The molecule has 0 aromatic heterocycles. The summed E-state index contributed by atoms with van der Waals surface area (Å²) in [5, 5.41) is 8.30. The molecule has 0 fully saturated rings. The highest BCUT2D eigenvalue weighted by Crippen LogP contribution is 2.07. The lowest BCUT2D eigenvalue weighted by Crippen LogP contribution is -2.06. The Bertz CT molecular complexity index is 93.1. The topological polar surface area (TPSA) is 37.3 Å². The molecule has 2 nitrogen and oxygen atoms in total. The number of carboxylic acids is 1. The summed E-state index contributed by atoms with van der Waals surface area (Å²) in [5.41, 5.74) is 0. The lowest BCUT2D eigenvalue weighted by atomic mass is 10.2. The van der Waals surface area contributed by atoms with Gasteiger partial charge in [-0.05, 0) is 6.42 Å². The van der Waals surface area contributed by atoms with Crippen molar-refractivity contribution in [1.82, 2.24) is 0 Å². The van der Waals surface area contributed by atoms with E-state index in [0.29, 0.717) is 0 Å². The molecule has 0 bridgehead atoms. The fraction of sp³-hybridized carbons (Fsp3) is 0.833. The zero-order valence-corrected chi connectivity index (χ0v) is 6.40. The number of thiol groups is 1. The van der Waals surface area contributed by atoms with Gasteiger partial charge in [-0.2, -0.15) is 12.6 Å². The van der Waals surface area contributed by atoms with Gasteiger partial charge in [0.1, 0.15) is 0 Å². The predicted octanol–water partition coefficient (Wildman–Crippen LogP) is 1.56. The van der Waals surface area contributed by atoms with Crippen LogP contribution in [-0.2, 0) is 4.79 Å². The summed E-state index contributed by atoms with van der Waals surface area (Å²) in [7, 11) is 0. The average molecular weight is 148 g/mol. The van der Waals surface area contributed by atoms with Gasteiger partial charge in [0.15, 0.2) is 0 Å². The van der Waals surface area contributed by atoms with Gasteiger partial charge < -0.3 is 5.11 Å². The van der Waals surface area contributed by atoms with Gasteiger partial charge in [-0.3, -0.25) is 4.79 Å². The molecular weight excluding hydrogens is 136 g/mol. The summed E-state index contributed by atoms with van der Waals surface area (Å²) in [4.78, 5) is 10.0. The van der Waals surface area contributed by atoms with Crippen LogP contribution in [0.2, 0.25) is 0 Å². The Morgan fingerprint density at radius 1 is 1.78 bits per heavy atom. The Hall–Kier alpha value is -0.180. The minimum atomic E-state index is -0.761. The molecular formula is C6H12O2S. The van der Waals surface area contributed by atoms with Gasteiger partial charge in [0, 0.05) is 5.25 Å². The number of rotatable bonds is 4. The minimum absolute atomic E-state index is 0.0347. The first-order valence-corrected chi connectivity index (χ1v) is 3.58. The molecule has 0 aliphatic carbocycles. The smallest absolute Gasteiger partial charge is 0.304 e. The van der Waals surface area contributed by atoms with E-state index in [4.69, 9.17) is 5.11 Å². The monoisotopic (exact) mass is 148 g/mol. The standard InChI is InChI=1S/C6H12O2S/c1-2-3-5(9)4-6(7)8/h5,9H,2-4H2,1H3,(H,7,8)/t5-/m1/s1. The first kappa shape index (κ1) is 8.82. The molecule has 9 heavy (non-hydrogen) atoms. The molecule has 0 saturated heterocycles. The molecule has 0 rings (SSSR count). The van der Waals surface area contributed by atoms with E-state index in [1.54, 1.807) is 0 Å². The van der Waals surface area contributed by atoms with Crippen molar-refractivity contribution in [3.05, 3.63) is 0 Å². The summed E-state index contributed by atoms with van der Waals surface area (Å²) in [6, 6.07) is 0. The van der Waals surface area contributed by atoms with Crippen LogP contribution in [0.15, 0.2) is 0 Å². The molecule has 0 heterocycles. The highest BCUT2D eigenvalue weighted by molar-refractivity contribution is 7.81. The van der Waals surface area contributed by atoms with Crippen molar-refractivity contribution >= 4 is 18.6 Å². The van der Waals surface area contributed by atoms with E-state index in [1.807, 2.05) is 6.92 Å². The summed E-state index contributed by atoms with van der Waals surface area (Å²) >= 11 is 4.07. The van der Waals surface area contributed by atoms with Crippen molar-refractivity contribution in [3.63, 3.8) is 0 Å². The molecule has 0 amide bonds. The zero-order valence-electron chi connectivity index (χ0n) is 5.50. The molecule has 0 spiro atoms.